The molecular formula is C17H24ClF3N4O2. The van der Waals surface area contributed by atoms with Gasteiger partial charge in [0.1, 0.15) is 6.54 Å². The molecule has 1 aromatic carbocycles. The monoisotopic (exact) mass is 408 g/mol. The van der Waals surface area contributed by atoms with Crippen molar-refractivity contribution in [2.75, 3.05) is 32.7 Å². The predicted octanol–water partition coefficient (Wildman–Crippen LogP) is 2.01. The standard InChI is InChI=1S/C17H23F3N4O2.ClH/c1-2-12-3-5-13(6-4-12)14-9-21-7-8-24(14)10-15(25)23-16(26)22-11-17(18,19)20;/h3-6,14,21H,2,7-11H2,1H3,(H2,22,23,25,26);1H. The number of amides is 3. The number of rotatable bonds is 5. The Morgan fingerprint density at radius 2 is 1.93 bits per heavy atom. The van der Waals surface area contributed by atoms with Crippen LogP contribution < -0.4 is 16.0 Å². The molecule has 0 aromatic heterocycles. The molecule has 1 saturated heterocycles. The van der Waals surface area contributed by atoms with Gasteiger partial charge in [-0.05, 0) is 17.5 Å². The molecule has 152 valence electrons. The SMILES string of the molecule is CCc1ccc(C2CNCCN2CC(=O)NC(=O)NCC(F)(F)F)cc1.Cl. The van der Waals surface area contributed by atoms with E-state index in [4.69, 9.17) is 0 Å². The third kappa shape index (κ3) is 7.74. The zero-order chi connectivity index (χ0) is 19.2. The van der Waals surface area contributed by atoms with E-state index in [0.717, 1.165) is 12.0 Å². The van der Waals surface area contributed by atoms with Gasteiger partial charge in [-0.3, -0.25) is 15.0 Å². The second-order valence-corrected chi connectivity index (χ2v) is 6.13. The summed E-state index contributed by atoms with van der Waals surface area (Å²) in [7, 11) is 0. The van der Waals surface area contributed by atoms with Crippen LogP contribution in [0.5, 0.6) is 0 Å². The van der Waals surface area contributed by atoms with Crippen LogP contribution >= 0.6 is 12.4 Å². The van der Waals surface area contributed by atoms with Crippen molar-refractivity contribution in [1.82, 2.24) is 20.9 Å². The lowest BCUT2D eigenvalue weighted by atomic mass is 10.0. The van der Waals surface area contributed by atoms with Gasteiger partial charge in [-0.2, -0.15) is 13.2 Å². The lowest BCUT2D eigenvalue weighted by Gasteiger charge is -2.36. The summed E-state index contributed by atoms with van der Waals surface area (Å²) >= 11 is 0. The van der Waals surface area contributed by atoms with Crippen molar-refractivity contribution in [2.24, 2.45) is 0 Å². The van der Waals surface area contributed by atoms with Crippen LogP contribution in [-0.4, -0.2) is 55.7 Å². The maximum atomic E-state index is 12.1. The van der Waals surface area contributed by atoms with E-state index in [0.29, 0.717) is 19.6 Å². The minimum Gasteiger partial charge on any atom is -0.329 e. The van der Waals surface area contributed by atoms with Gasteiger partial charge in [0.25, 0.3) is 0 Å². The van der Waals surface area contributed by atoms with E-state index in [1.807, 2.05) is 34.5 Å². The molecule has 1 atom stereocenters. The lowest BCUT2D eigenvalue weighted by molar-refractivity contribution is -0.125. The minimum atomic E-state index is -4.52. The van der Waals surface area contributed by atoms with E-state index in [2.05, 4.69) is 12.2 Å². The van der Waals surface area contributed by atoms with Gasteiger partial charge in [-0.25, -0.2) is 4.79 Å². The van der Waals surface area contributed by atoms with Crippen LogP contribution in [0.25, 0.3) is 0 Å². The van der Waals surface area contributed by atoms with Crippen molar-refractivity contribution in [2.45, 2.75) is 25.6 Å². The number of halogens is 4. The fourth-order valence-corrected chi connectivity index (χ4v) is 2.82. The number of nitrogens with one attached hydrogen (secondary N) is 3. The third-order valence-corrected chi connectivity index (χ3v) is 4.18. The Hall–Kier alpha value is -1.84. The number of nitrogens with zero attached hydrogens (tertiary/aromatic N) is 1. The van der Waals surface area contributed by atoms with Crippen molar-refractivity contribution >= 4 is 24.3 Å². The number of benzene rings is 1. The number of hydrogen-bond acceptors (Lipinski definition) is 4. The molecule has 1 aromatic rings. The Bertz CT molecular complexity index is 626. The first-order valence-electron chi connectivity index (χ1n) is 8.46. The van der Waals surface area contributed by atoms with Crippen LogP contribution in [-0.2, 0) is 11.2 Å². The quantitative estimate of drug-likeness (QED) is 0.697. The molecule has 3 N–H and O–H groups in total. The zero-order valence-electron chi connectivity index (χ0n) is 14.9. The Morgan fingerprint density at radius 1 is 1.26 bits per heavy atom. The predicted molar refractivity (Wildman–Crippen MR) is 97.8 cm³/mol. The van der Waals surface area contributed by atoms with Crippen molar-refractivity contribution in [3.05, 3.63) is 35.4 Å². The maximum Gasteiger partial charge on any atom is 0.405 e. The van der Waals surface area contributed by atoms with Gasteiger partial charge in [0, 0.05) is 25.7 Å². The molecule has 1 aliphatic heterocycles. The Labute approximate surface area is 162 Å². The highest BCUT2D eigenvalue weighted by molar-refractivity contribution is 5.95. The first kappa shape index (κ1) is 23.2. The highest BCUT2D eigenvalue weighted by Gasteiger charge is 2.29. The van der Waals surface area contributed by atoms with Crippen LogP contribution in [0.2, 0.25) is 0 Å². The van der Waals surface area contributed by atoms with Gasteiger partial charge >= 0.3 is 12.2 Å². The van der Waals surface area contributed by atoms with Crippen LogP contribution in [0.3, 0.4) is 0 Å². The molecule has 27 heavy (non-hydrogen) atoms. The van der Waals surface area contributed by atoms with E-state index >= 15 is 0 Å². The molecule has 0 aliphatic carbocycles. The molecule has 6 nitrogen and oxygen atoms in total. The second-order valence-electron chi connectivity index (χ2n) is 6.13. The van der Waals surface area contributed by atoms with Gasteiger partial charge in [-0.15, -0.1) is 12.4 Å². The average Bonchev–Trinajstić information content (AvgIpc) is 2.60. The molecule has 1 aliphatic rings. The molecule has 1 unspecified atom stereocenters. The van der Waals surface area contributed by atoms with E-state index in [1.54, 1.807) is 5.32 Å². The van der Waals surface area contributed by atoms with Crippen molar-refractivity contribution in [3.63, 3.8) is 0 Å². The van der Waals surface area contributed by atoms with Crippen LogP contribution in [0.15, 0.2) is 24.3 Å². The summed E-state index contributed by atoms with van der Waals surface area (Å²) in [5, 5.41) is 6.82. The van der Waals surface area contributed by atoms with Crippen molar-refractivity contribution in [1.29, 1.82) is 0 Å². The number of carbonyl (C=O) groups excluding carboxylic acids is 2. The summed E-state index contributed by atoms with van der Waals surface area (Å²) in [6.45, 7) is 2.46. The van der Waals surface area contributed by atoms with Gasteiger partial charge < -0.3 is 10.6 Å². The van der Waals surface area contributed by atoms with Crippen LogP contribution in [0.1, 0.15) is 24.1 Å². The summed E-state index contributed by atoms with van der Waals surface area (Å²) in [5.41, 5.74) is 2.26. The van der Waals surface area contributed by atoms with Gasteiger partial charge in [0.2, 0.25) is 5.91 Å². The molecule has 10 heteroatoms. The number of piperazine rings is 1. The number of urea groups is 1. The van der Waals surface area contributed by atoms with Crippen LogP contribution in [0, 0.1) is 0 Å². The highest BCUT2D eigenvalue weighted by Crippen LogP contribution is 2.22. The first-order chi connectivity index (χ1) is 12.3. The minimum absolute atomic E-state index is 0. The van der Waals surface area contributed by atoms with E-state index in [-0.39, 0.29) is 25.0 Å². The highest BCUT2D eigenvalue weighted by atomic mass is 35.5. The van der Waals surface area contributed by atoms with E-state index in [1.165, 1.54) is 5.56 Å². The Balaban J connectivity index is 0.00000364. The molecular weight excluding hydrogens is 385 g/mol. The number of alkyl halides is 3. The van der Waals surface area contributed by atoms with Gasteiger partial charge in [0.05, 0.1) is 6.54 Å². The second kappa shape index (κ2) is 10.5. The summed E-state index contributed by atoms with van der Waals surface area (Å²) < 4.78 is 36.2. The number of carbonyl (C=O) groups is 2. The molecule has 0 spiro atoms. The maximum absolute atomic E-state index is 12.1. The molecule has 0 bridgehead atoms. The summed E-state index contributed by atoms with van der Waals surface area (Å²) in [4.78, 5) is 25.3. The molecule has 1 heterocycles. The summed E-state index contributed by atoms with van der Waals surface area (Å²) in [5.74, 6) is -0.637. The van der Waals surface area contributed by atoms with Crippen LogP contribution in [0.4, 0.5) is 18.0 Å². The third-order valence-electron chi connectivity index (χ3n) is 4.18. The van der Waals surface area contributed by atoms with E-state index < -0.39 is 24.7 Å². The topological polar surface area (TPSA) is 73.5 Å². The molecule has 0 radical (unpaired) electrons. The average molecular weight is 409 g/mol. The number of aryl methyl sites for hydroxylation is 1. The normalized spacial score (nSPS) is 17.7. The van der Waals surface area contributed by atoms with Crippen molar-refractivity contribution in [3.8, 4) is 0 Å². The largest absolute Gasteiger partial charge is 0.405 e. The van der Waals surface area contributed by atoms with Crippen molar-refractivity contribution < 1.29 is 22.8 Å². The lowest BCUT2D eigenvalue weighted by Crippen LogP contribution is -2.51. The Kier molecular flexibility index (Phi) is 9.01. The molecule has 0 saturated carbocycles. The molecule has 1 fully saturated rings. The smallest absolute Gasteiger partial charge is 0.329 e. The fraction of sp³-hybridized carbons (Fsp3) is 0.529. The fourth-order valence-electron chi connectivity index (χ4n) is 2.82. The summed E-state index contributed by atoms with van der Waals surface area (Å²) in [6.07, 6.45) is -3.59. The molecule has 3 amide bonds. The van der Waals surface area contributed by atoms with E-state index in [9.17, 15) is 22.8 Å². The van der Waals surface area contributed by atoms with Gasteiger partial charge in [0.15, 0.2) is 0 Å². The van der Waals surface area contributed by atoms with Gasteiger partial charge in [-0.1, -0.05) is 31.2 Å². The molecule has 2 rings (SSSR count). The number of imide groups is 1. The summed E-state index contributed by atoms with van der Waals surface area (Å²) in [6, 6.07) is 6.90. The zero-order valence-corrected chi connectivity index (χ0v) is 15.8. The Morgan fingerprint density at radius 3 is 2.52 bits per heavy atom. The first-order valence-corrected chi connectivity index (χ1v) is 8.46. The number of hydrogen-bond donors (Lipinski definition) is 3.